The Morgan fingerprint density at radius 2 is 2.11 bits per heavy atom. The number of rotatable bonds is 5. The molecule has 27 heavy (non-hydrogen) atoms. The number of carbonyl (C=O) groups is 1. The van der Waals surface area contributed by atoms with Gasteiger partial charge >= 0.3 is 0 Å². The fraction of sp³-hybridized carbons (Fsp3) is 0.421. The summed E-state index contributed by atoms with van der Waals surface area (Å²) in [5.41, 5.74) is 1.39. The Morgan fingerprint density at radius 3 is 2.81 bits per heavy atom. The normalized spacial score (nSPS) is 15.3. The van der Waals surface area contributed by atoms with Crippen molar-refractivity contribution in [3.05, 3.63) is 36.2 Å². The van der Waals surface area contributed by atoms with E-state index in [1.54, 1.807) is 17.9 Å². The molecule has 1 fully saturated rings. The maximum atomic E-state index is 12.6. The summed E-state index contributed by atoms with van der Waals surface area (Å²) in [5, 5.41) is 4.98. The molecule has 0 N–H and O–H groups in total. The first-order chi connectivity index (χ1) is 13.2. The van der Waals surface area contributed by atoms with E-state index in [4.69, 9.17) is 9.47 Å². The lowest BCUT2D eigenvalue weighted by atomic mass is 10.1. The van der Waals surface area contributed by atoms with Gasteiger partial charge in [0.25, 0.3) is 11.1 Å². The highest BCUT2D eigenvalue weighted by molar-refractivity contribution is 7.20. The third-order valence-electron chi connectivity index (χ3n) is 4.76. The number of benzene rings is 1. The van der Waals surface area contributed by atoms with Gasteiger partial charge in [0, 0.05) is 44.7 Å². The van der Waals surface area contributed by atoms with Gasteiger partial charge in [-0.25, -0.2) is 4.98 Å². The fourth-order valence-electron chi connectivity index (χ4n) is 3.20. The van der Waals surface area contributed by atoms with Crippen molar-refractivity contribution in [2.45, 2.75) is 32.4 Å². The Bertz CT molecular complexity index is 943. The zero-order valence-corrected chi connectivity index (χ0v) is 16.2. The first-order valence-corrected chi connectivity index (χ1v) is 9.92. The third kappa shape index (κ3) is 3.75. The number of hydrogen-bond donors (Lipinski definition) is 0. The smallest absolute Gasteiger partial charge is 0.274 e. The molecular weight excluding hydrogens is 364 g/mol. The summed E-state index contributed by atoms with van der Waals surface area (Å²) in [5.74, 6) is 0.782. The van der Waals surface area contributed by atoms with Gasteiger partial charge in [0.1, 0.15) is 17.5 Å². The number of ether oxygens (including phenoxy) is 2. The van der Waals surface area contributed by atoms with Gasteiger partial charge in [-0.05, 0) is 25.1 Å². The lowest BCUT2D eigenvalue weighted by molar-refractivity contribution is 0.0589. The molecule has 7 nitrogen and oxygen atoms in total. The molecule has 1 aromatic carbocycles. The average Bonchev–Trinajstić information content (AvgIpc) is 3.33. The molecule has 1 amide bonds. The largest absolute Gasteiger partial charge is 0.497 e. The summed E-state index contributed by atoms with van der Waals surface area (Å²) >= 11 is 1.54. The number of fused-ring (bicyclic) bond motifs is 1. The van der Waals surface area contributed by atoms with Crippen LogP contribution in [-0.2, 0) is 6.54 Å². The Labute approximate surface area is 161 Å². The number of aryl methyl sites for hydroxylation is 1. The highest BCUT2D eigenvalue weighted by Crippen LogP contribution is 2.32. The maximum Gasteiger partial charge on any atom is 0.274 e. The Kier molecular flexibility index (Phi) is 4.98. The molecule has 1 saturated heterocycles. The maximum absolute atomic E-state index is 12.6. The predicted molar refractivity (Wildman–Crippen MR) is 104 cm³/mol. The summed E-state index contributed by atoms with van der Waals surface area (Å²) in [6.07, 6.45) is 3.49. The van der Waals surface area contributed by atoms with E-state index in [9.17, 15) is 4.79 Å². The number of carbonyl (C=O) groups excluding carboxylic acids is 1. The number of likely N-dealkylation sites (tertiary alicyclic amines) is 1. The van der Waals surface area contributed by atoms with Gasteiger partial charge in [0.05, 0.1) is 17.3 Å². The first kappa shape index (κ1) is 17.8. The molecule has 8 heteroatoms. The molecule has 3 heterocycles. The summed E-state index contributed by atoms with van der Waals surface area (Å²) in [6, 6.07) is 7.61. The molecule has 142 valence electrons. The van der Waals surface area contributed by atoms with Gasteiger partial charge in [-0.2, -0.15) is 5.10 Å². The van der Waals surface area contributed by atoms with Crippen LogP contribution >= 0.6 is 11.3 Å². The quantitative estimate of drug-likeness (QED) is 0.673. The summed E-state index contributed by atoms with van der Waals surface area (Å²) in [4.78, 5) is 19.0. The van der Waals surface area contributed by atoms with Crippen molar-refractivity contribution in [3.63, 3.8) is 0 Å². The van der Waals surface area contributed by atoms with Crippen LogP contribution in [-0.4, -0.2) is 51.9 Å². The van der Waals surface area contributed by atoms with Gasteiger partial charge in [-0.3, -0.25) is 9.48 Å². The zero-order chi connectivity index (χ0) is 18.8. The topological polar surface area (TPSA) is 69.5 Å². The lowest BCUT2D eigenvalue weighted by Crippen LogP contribution is -2.42. The average molecular weight is 386 g/mol. The van der Waals surface area contributed by atoms with Crippen molar-refractivity contribution in [2.24, 2.45) is 0 Å². The Hall–Kier alpha value is -2.61. The van der Waals surface area contributed by atoms with E-state index in [0.717, 1.165) is 35.4 Å². The predicted octanol–water partition coefficient (Wildman–Crippen LogP) is 3.20. The standard InChI is InChI=1S/C19H22N4O3S/c1-3-23-11-8-15(21-23)18(24)22-9-6-13(7-10-22)26-19-20-16-12-14(25-2)4-5-17(16)27-19/h4-5,8,11-13H,3,6-7,9-10H2,1-2H3. The molecule has 0 radical (unpaired) electrons. The zero-order valence-electron chi connectivity index (χ0n) is 15.4. The van der Waals surface area contributed by atoms with Crippen LogP contribution in [0, 0.1) is 0 Å². The molecule has 0 unspecified atom stereocenters. The van der Waals surface area contributed by atoms with E-state index in [2.05, 4.69) is 10.1 Å². The third-order valence-corrected chi connectivity index (χ3v) is 5.68. The van der Waals surface area contributed by atoms with Crippen LogP contribution < -0.4 is 9.47 Å². The van der Waals surface area contributed by atoms with E-state index in [-0.39, 0.29) is 12.0 Å². The number of hydrogen-bond acceptors (Lipinski definition) is 6. The second-order valence-corrected chi connectivity index (χ2v) is 7.47. The Morgan fingerprint density at radius 1 is 1.30 bits per heavy atom. The minimum atomic E-state index is -0.00673. The monoisotopic (exact) mass is 386 g/mol. The Balaban J connectivity index is 1.36. The molecule has 0 spiro atoms. The first-order valence-electron chi connectivity index (χ1n) is 9.10. The second-order valence-electron chi connectivity index (χ2n) is 6.48. The number of piperidine rings is 1. The molecule has 0 bridgehead atoms. The summed E-state index contributed by atoms with van der Waals surface area (Å²) in [6.45, 7) is 4.10. The van der Waals surface area contributed by atoms with Crippen LogP contribution in [0.25, 0.3) is 10.2 Å². The molecular formula is C19H22N4O3S. The molecule has 1 aliphatic heterocycles. The summed E-state index contributed by atoms with van der Waals surface area (Å²) in [7, 11) is 1.65. The van der Waals surface area contributed by atoms with Crippen LogP contribution in [0.2, 0.25) is 0 Å². The van der Waals surface area contributed by atoms with E-state index in [1.807, 2.05) is 36.2 Å². The van der Waals surface area contributed by atoms with Crippen molar-refractivity contribution in [2.75, 3.05) is 20.2 Å². The molecule has 0 saturated carbocycles. The highest BCUT2D eigenvalue weighted by atomic mass is 32.1. The highest BCUT2D eigenvalue weighted by Gasteiger charge is 2.26. The molecule has 4 rings (SSSR count). The van der Waals surface area contributed by atoms with Gasteiger partial charge in [0.15, 0.2) is 0 Å². The minimum absolute atomic E-state index is 0.00673. The van der Waals surface area contributed by atoms with Crippen LogP contribution in [0.5, 0.6) is 10.9 Å². The van der Waals surface area contributed by atoms with Gasteiger partial charge < -0.3 is 14.4 Å². The minimum Gasteiger partial charge on any atom is -0.497 e. The number of methoxy groups -OCH3 is 1. The molecule has 2 aromatic heterocycles. The second kappa shape index (κ2) is 7.56. The summed E-state index contributed by atoms with van der Waals surface area (Å²) < 4.78 is 14.2. The number of aromatic nitrogens is 3. The molecule has 1 aliphatic rings. The van der Waals surface area contributed by atoms with Crippen LogP contribution in [0.3, 0.4) is 0 Å². The number of thiazole rings is 1. The van der Waals surface area contributed by atoms with Crippen molar-refractivity contribution in [3.8, 4) is 10.9 Å². The van der Waals surface area contributed by atoms with E-state index < -0.39 is 0 Å². The van der Waals surface area contributed by atoms with Crippen LogP contribution in [0.4, 0.5) is 0 Å². The van der Waals surface area contributed by atoms with Crippen molar-refractivity contribution in [1.82, 2.24) is 19.7 Å². The van der Waals surface area contributed by atoms with E-state index in [0.29, 0.717) is 24.0 Å². The van der Waals surface area contributed by atoms with Crippen molar-refractivity contribution < 1.29 is 14.3 Å². The van der Waals surface area contributed by atoms with E-state index in [1.165, 1.54) is 11.3 Å². The molecule has 0 atom stereocenters. The fourth-order valence-corrected chi connectivity index (χ4v) is 4.06. The van der Waals surface area contributed by atoms with Crippen molar-refractivity contribution in [1.29, 1.82) is 0 Å². The SMILES string of the molecule is CCn1ccc(C(=O)N2CCC(Oc3nc4cc(OC)ccc4s3)CC2)n1. The van der Waals surface area contributed by atoms with Gasteiger partial charge in [0.2, 0.25) is 0 Å². The van der Waals surface area contributed by atoms with Crippen LogP contribution in [0.15, 0.2) is 30.5 Å². The van der Waals surface area contributed by atoms with Gasteiger partial charge in [-0.1, -0.05) is 11.3 Å². The van der Waals surface area contributed by atoms with Crippen molar-refractivity contribution >= 4 is 27.5 Å². The number of nitrogens with zero attached hydrogens (tertiary/aromatic N) is 4. The van der Waals surface area contributed by atoms with Gasteiger partial charge in [-0.15, -0.1) is 0 Å². The van der Waals surface area contributed by atoms with Crippen LogP contribution in [0.1, 0.15) is 30.3 Å². The lowest BCUT2D eigenvalue weighted by Gasteiger charge is -2.31. The molecule has 3 aromatic rings. The number of amides is 1. The van der Waals surface area contributed by atoms with E-state index >= 15 is 0 Å². The molecule has 0 aliphatic carbocycles.